The van der Waals surface area contributed by atoms with Crippen LogP contribution in [0.25, 0.3) is 0 Å². The fourth-order valence-corrected chi connectivity index (χ4v) is 7.45. The zero-order valence-corrected chi connectivity index (χ0v) is 20.8. The fourth-order valence-electron chi connectivity index (χ4n) is 6.93. The Morgan fingerprint density at radius 1 is 1.11 bits per heavy atom. The summed E-state index contributed by atoms with van der Waals surface area (Å²) in [6.07, 6.45) is 6.07. The number of phenolic OH excluding ortho intramolecular Hbond substituents is 1. The van der Waals surface area contributed by atoms with Gasteiger partial charge in [-0.15, -0.1) is 0 Å². The van der Waals surface area contributed by atoms with E-state index in [1.807, 2.05) is 12.1 Å². The average molecular weight is 500 g/mol. The molecule has 0 bridgehead atoms. The van der Waals surface area contributed by atoms with Gasteiger partial charge in [0.25, 0.3) is 0 Å². The van der Waals surface area contributed by atoms with Crippen LogP contribution >= 0.6 is 0 Å². The summed E-state index contributed by atoms with van der Waals surface area (Å²) in [6.45, 7) is 2.33. The van der Waals surface area contributed by atoms with E-state index in [-0.39, 0.29) is 35.6 Å². The molecule has 5 atom stereocenters. The van der Waals surface area contributed by atoms with E-state index >= 15 is 0 Å². The van der Waals surface area contributed by atoms with Crippen molar-refractivity contribution in [2.45, 2.75) is 69.0 Å². The second-order valence-corrected chi connectivity index (χ2v) is 12.1. The van der Waals surface area contributed by atoms with Crippen LogP contribution < -0.4 is 5.14 Å². The lowest BCUT2D eigenvalue weighted by Gasteiger charge is -2.50. The molecule has 0 aromatic heterocycles. The van der Waals surface area contributed by atoms with E-state index in [0.29, 0.717) is 23.5 Å². The Morgan fingerprint density at radius 3 is 2.63 bits per heavy atom. The summed E-state index contributed by atoms with van der Waals surface area (Å²) in [5.74, 6) is 1.63. The Hall–Kier alpha value is -2.42. The van der Waals surface area contributed by atoms with Crippen molar-refractivity contribution in [2.75, 3.05) is 6.61 Å². The number of hydrogen-bond donors (Lipinski definition) is 2. The van der Waals surface area contributed by atoms with Crippen molar-refractivity contribution in [3.8, 4) is 5.75 Å². The molecule has 35 heavy (non-hydrogen) atoms. The molecular formula is C27H33NO6S. The van der Waals surface area contributed by atoms with Crippen molar-refractivity contribution >= 4 is 16.0 Å². The molecule has 0 amide bonds. The first-order valence-electron chi connectivity index (χ1n) is 12.4. The van der Waals surface area contributed by atoms with Crippen molar-refractivity contribution in [2.24, 2.45) is 22.4 Å². The Labute approximate surface area is 206 Å². The van der Waals surface area contributed by atoms with E-state index in [2.05, 4.69) is 13.0 Å². The highest BCUT2D eigenvalue weighted by molar-refractivity contribution is 7.89. The van der Waals surface area contributed by atoms with Crippen molar-refractivity contribution in [1.29, 1.82) is 0 Å². The number of esters is 1. The molecule has 3 aliphatic rings. The molecule has 3 aliphatic carbocycles. The molecule has 3 unspecified atom stereocenters. The highest BCUT2D eigenvalue weighted by atomic mass is 32.2. The topological polar surface area (TPSA) is 116 Å². The van der Waals surface area contributed by atoms with E-state index in [9.17, 15) is 18.3 Å². The van der Waals surface area contributed by atoms with Gasteiger partial charge >= 0.3 is 5.97 Å². The Bertz CT molecular complexity index is 1210. The van der Waals surface area contributed by atoms with Crippen LogP contribution in [0.5, 0.6) is 5.75 Å². The van der Waals surface area contributed by atoms with Gasteiger partial charge < -0.3 is 14.6 Å². The lowest BCUT2D eigenvalue weighted by atomic mass is 9.55. The lowest BCUT2D eigenvalue weighted by Crippen LogP contribution is -2.45. The zero-order valence-electron chi connectivity index (χ0n) is 20.0. The Kier molecular flexibility index (Phi) is 6.40. The molecule has 0 aliphatic heterocycles. The Morgan fingerprint density at radius 2 is 1.89 bits per heavy atom. The smallest absolute Gasteiger partial charge is 0.332 e. The number of benzene rings is 2. The molecule has 0 spiro atoms. The van der Waals surface area contributed by atoms with Crippen LogP contribution in [0, 0.1) is 17.3 Å². The molecule has 2 aromatic rings. The summed E-state index contributed by atoms with van der Waals surface area (Å²) in [4.78, 5) is 12.6. The third kappa shape index (κ3) is 4.71. The molecule has 0 heterocycles. The number of phenols is 1. The highest BCUT2D eigenvalue weighted by Crippen LogP contribution is 2.61. The van der Waals surface area contributed by atoms with Gasteiger partial charge in [0.2, 0.25) is 10.0 Å². The molecule has 7 nitrogen and oxygen atoms in total. The molecule has 8 heteroatoms. The second-order valence-electron chi connectivity index (χ2n) is 10.6. The number of primary sulfonamides is 1. The minimum Gasteiger partial charge on any atom is -0.508 e. The number of carbonyl (C=O) groups excluding carboxylic acids is 1. The number of nitrogens with two attached hydrogens (primary N) is 1. The maximum absolute atomic E-state index is 12.6. The molecule has 3 N–H and O–H groups in total. The van der Waals surface area contributed by atoms with Crippen LogP contribution in [0.4, 0.5) is 0 Å². The van der Waals surface area contributed by atoms with E-state index in [4.69, 9.17) is 14.6 Å². The highest BCUT2D eigenvalue weighted by Gasteiger charge is 2.56. The number of sulfonamides is 1. The number of ether oxygens (including phenoxy) is 2. The van der Waals surface area contributed by atoms with E-state index < -0.39 is 10.0 Å². The quantitative estimate of drug-likeness (QED) is 0.580. The van der Waals surface area contributed by atoms with E-state index in [0.717, 1.165) is 44.1 Å². The number of aryl methyl sites for hydroxylation is 1. The normalized spacial score (nSPS) is 29.7. The molecule has 2 saturated carbocycles. The van der Waals surface area contributed by atoms with Crippen LogP contribution in [0.3, 0.4) is 0 Å². The summed E-state index contributed by atoms with van der Waals surface area (Å²) >= 11 is 0. The first-order chi connectivity index (χ1) is 16.6. The van der Waals surface area contributed by atoms with Crippen molar-refractivity contribution in [1.82, 2.24) is 0 Å². The van der Waals surface area contributed by atoms with Gasteiger partial charge in [-0.3, -0.25) is 0 Å². The van der Waals surface area contributed by atoms with E-state index in [1.165, 1.54) is 23.3 Å². The predicted molar refractivity (Wildman–Crippen MR) is 130 cm³/mol. The average Bonchev–Trinajstić information content (AvgIpc) is 3.14. The fraction of sp³-hybridized carbons (Fsp3) is 0.519. The van der Waals surface area contributed by atoms with Gasteiger partial charge in [0.05, 0.1) is 11.5 Å². The largest absolute Gasteiger partial charge is 0.508 e. The second kappa shape index (κ2) is 9.22. The number of aromatic hydroxyl groups is 1. The van der Waals surface area contributed by atoms with Crippen molar-refractivity contribution < 1.29 is 27.8 Å². The van der Waals surface area contributed by atoms with Gasteiger partial charge in [0, 0.05) is 5.41 Å². The van der Waals surface area contributed by atoms with Crippen LogP contribution in [0.2, 0.25) is 0 Å². The molecule has 0 saturated heterocycles. The summed E-state index contributed by atoms with van der Waals surface area (Å²) in [5.41, 5.74) is 3.41. The van der Waals surface area contributed by atoms with Crippen molar-refractivity contribution in [3.05, 3.63) is 59.2 Å². The van der Waals surface area contributed by atoms with Gasteiger partial charge in [-0.2, -0.15) is 0 Å². The van der Waals surface area contributed by atoms with E-state index in [1.54, 1.807) is 12.1 Å². The SMILES string of the molecule is C[C@]12CCC3c4ccc(O)cc4CCC3C1CC[C@H]2OC(=O)COCc1ccc(S(N)(=O)=O)cc1. The number of rotatable bonds is 6. The lowest BCUT2D eigenvalue weighted by molar-refractivity contribution is -0.163. The maximum atomic E-state index is 12.6. The third-order valence-electron chi connectivity index (χ3n) is 8.64. The van der Waals surface area contributed by atoms with Crippen LogP contribution in [-0.2, 0) is 37.3 Å². The molecule has 2 fully saturated rings. The minimum absolute atomic E-state index is 0.0191. The summed E-state index contributed by atoms with van der Waals surface area (Å²) in [5, 5.41) is 15.0. The molecule has 2 aromatic carbocycles. The van der Waals surface area contributed by atoms with Gasteiger partial charge in [0.1, 0.15) is 18.5 Å². The van der Waals surface area contributed by atoms with Gasteiger partial charge in [0.15, 0.2) is 0 Å². The summed E-state index contributed by atoms with van der Waals surface area (Å²) in [6, 6.07) is 11.9. The first kappa shape index (κ1) is 24.3. The van der Waals surface area contributed by atoms with Gasteiger partial charge in [-0.25, -0.2) is 18.4 Å². The third-order valence-corrected chi connectivity index (χ3v) is 9.57. The predicted octanol–water partition coefficient (Wildman–Crippen LogP) is 4.02. The minimum atomic E-state index is -3.73. The number of fused-ring (bicyclic) bond motifs is 5. The summed E-state index contributed by atoms with van der Waals surface area (Å²) < 4.78 is 34.2. The standard InChI is InChI=1S/C27H33NO6S/c1-27-13-12-22-21-9-5-19(29)14-18(21)4-8-23(22)24(27)10-11-25(27)34-26(30)16-33-15-17-2-6-20(7-3-17)35(28,31)32/h2-3,5-7,9,14,22-25,29H,4,8,10-13,15-16H2,1H3,(H2,28,31,32)/t22?,23?,24?,25-,27+/m1/s1. The summed E-state index contributed by atoms with van der Waals surface area (Å²) in [7, 11) is -3.73. The van der Waals surface area contributed by atoms with Gasteiger partial charge in [-0.05, 0) is 97.2 Å². The van der Waals surface area contributed by atoms with Crippen molar-refractivity contribution in [3.63, 3.8) is 0 Å². The van der Waals surface area contributed by atoms with Crippen LogP contribution in [-0.4, -0.2) is 32.2 Å². The number of carbonyl (C=O) groups is 1. The molecule has 188 valence electrons. The first-order valence-corrected chi connectivity index (χ1v) is 13.9. The Balaban J connectivity index is 1.17. The van der Waals surface area contributed by atoms with Gasteiger partial charge in [-0.1, -0.05) is 25.1 Å². The monoisotopic (exact) mass is 499 g/mol. The molecular weight excluding hydrogens is 466 g/mol. The van der Waals surface area contributed by atoms with Crippen LogP contribution in [0.1, 0.15) is 61.6 Å². The number of hydrogen-bond acceptors (Lipinski definition) is 6. The maximum Gasteiger partial charge on any atom is 0.332 e. The molecule has 0 radical (unpaired) electrons. The van der Waals surface area contributed by atoms with Crippen LogP contribution in [0.15, 0.2) is 47.4 Å². The zero-order chi connectivity index (χ0) is 24.8. The molecule has 5 rings (SSSR count).